The molecular formula is C14H20O11. The minimum Gasteiger partial charge on any atom is -0.435 e. The standard InChI is InChI=1S/C14H20O11/c1-2-20-12(15)23-9(3-18-5-10-7-21-13(16)24-10)4-19-6-11-8-22-14(17)25-11/h9-11H,2-8H2,1H3. The van der Waals surface area contributed by atoms with Crippen molar-refractivity contribution >= 4 is 18.5 Å². The van der Waals surface area contributed by atoms with Gasteiger partial charge in [-0.15, -0.1) is 0 Å². The smallest absolute Gasteiger partial charge is 0.435 e. The highest BCUT2D eigenvalue weighted by Gasteiger charge is 2.27. The third-order valence-corrected chi connectivity index (χ3v) is 3.04. The van der Waals surface area contributed by atoms with Crippen LogP contribution in [0.2, 0.25) is 0 Å². The molecule has 2 unspecified atom stereocenters. The Labute approximate surface area is 143 Å². The Kier molecular flexibility index (Phi) is 7.54. The van der Waals surface area contributed by atoms with E-state index in [1.54, 1.807) is 6.92 Å². The van der Waals surface area contributed by atoms with Gasteiger partial charge in [0.2, 0.25) is 0 Å². The highest BCUT2D eigenvalue weighted by Crippen LogP contribution is 2.09. The molecular weight excluding hydrogens is 344 g/mol. The van der Waals surface area contributed by atoms with Crippen LogP contribution in [-0.2, 0) is 37.9 Å². The summed E-state index contributed by atoms with van der Waals surface area (Å²) >= 11 is 0. The van der Waals surface area contributed by atoms with Crippen LogP contribution in [0.1, 0.15) is 6.92 Å². The second-order valence-corrected chi connectivity index (χ2v) is 5.10. The fourth-order valence-corrected chi connectivity index (χ4v) is 1.96. The molecule has 0 spiro atoms. The Bertz CT molecular complexity index is 434. The van der Waals surface area contributed by atoms with Crippen molar-refractivity contribution in [1.82, 2.24) is 0 Å². The molecule has 2 atom stereocenters. The molecule has 0 aliphatic carbocycles. The van der Waals surface area contributed by atoms with Gasteiger partial charge in [-0.3, -0.25) is 0 Å². The molecule has 0 aromatic carbocycles. The first-order valence-corrected chi connectivity index (χ1v) is 7.72. The van der Waals surface area contributed by atoms with Crippen molar-refractivity contribution in [3.05, 3.63) is 0 Å². The van der Waals surface area contributed by atoms with Gasteiger partial charge < -0.3 is 37.9 Å². The van der Waals surface area contributed by atoms with E-state index in [2.05, 4.69) is 9.47 Å². The van der Waals surface area contributed by atoms with E-state index in [1.807, 2.05) is 0 Å². The molecule has 25 heavy (non-hydrogen) atoms. The fourth-order valence-electron chi connectivity index (χ4n) is 1.96. The van der Waals surface area contributed by atoms with Gasteiger partial charge in [0.05, 0.1) is 33.0 Å². The highest BCUT2D eigenvalue weighted by molar-refractivity contribution is 5.62. The number of hydrogen-bond acceptors (Lipinski definition) is 11. The Hall–Kier alpha value is -2.27. The third-order valence-electron chi connectivity index (χ3n) is 3.04. The van der Waals surface area contributed by atoms with Crippen molar-refractivity contribution in [2.24, 2.45) is 0 Å². The van der Waals surface area contributed by atoms with Crippen molar-refractivity contribution in [3.63, 3.8) is 0 Å². The van der Waals surface area contributed by atoms with E-state index in [0.717, 1.165) is 0 Å². The SMILES string of the molecule is CCOC(=O)OC(COCC1COC(=O)O1)COCC1COC(=O)O1. The van der Waals surface area contributed by atoms with Crippen molar-refractivity contribution in [1.29, 1.82) is 0 Å². The van der Waals surface area contributed by atoms with Crippen molar-refractivity contribution in [3.8, 4) is 0 Å². The first-order valence-electron chi connectivity index (χ1n) is 7.72. The Balaban J connectivity index is 1.68. The zero-order valence-electron chi connectivity index (χ0n) is 13.7. The summed E-state index contributed by atoms with van der Waals surface area (Å²) in [5, 5.41) is 0. The molecule has 2 aliphatic heterocycles. The lowest BCUT2D eigenvalue weighted by molar-refractivity contribution is -0.0671. The summed E-state index contributed by atoms with van der Waals surface area (Å²) in [7, 11) is 0. The maximum atomic E-state index is 11.4. The van der Waals surface area contributed by atoms with Gasteiger partial charge in [-0.2, -0.15) is 0 Å². The van der Waals surface area contributed by atoms with Gasteiger partial charge in [0, 0.05) is 0 Å². The molecule has 11 heteroatoms. The van der Waals surface area contributed by atoms with Gasteiger partial charge in [-0.25, -0.2) is 14.4 Å². The maximum Gasteiger partial charge on any atom is 0.508 e. The van der Waals surface area contributed by atoms with Crippen LogP contribution in [0.3, 0.4) is 0 Å². The zero-order valence-corrected chi connectivity index (χ0v) is 13.7. The normalized spacial score (nSPS) is 23.2. The van der Waals surface area contributed by atoms with Crippen molar-refractivity contribution in [2.45, 2.75) is 25.2 Å². The topological polar surface area (TPSA) is 125 Å². The van der Waals surface area contributed by atoms with Gasteiger partial charge in [0.15, 0.2) is 18.3 Å². The lowest BCUT2D eigenvalue weighted by Gasteiger charge is -2.19. The van der Waals surface area contributed by atoms with E-state index in [0.29, 0.717) is 0 Å². The summed E-state index contributed by atoms with van der Waals surface area (Å²) in [6.45, 7) is 2.17. The van der Waals surface area contributed by atoms with Crippen molar-refractivity contribution < 1.29 is 52.3 Å². The minimum atomic E-state index is -0.856. The molecule has 142 valence electrons. The molecule has 2 saturated heterocycles. The summed E-state index contributed by atoms with van der Waals surface area (Å²) in [4.78, 5) is 33.1. The van der Waals surface area contributed by atoms with E-state index >= 15 is 0 Å². The van der Waals surface area contributed by atoms with E-state index in [-0.39, 0.29) is 46.2 Å². The molecule has 0 bridgehead atoms. The van der Waals surface area contributed by atoms with Crippen LogP contribution in [-0.4, -0.2) is 83.0 Å². The third kappa shape index (κ3) is 7.01. The monoisotopic (exact) mass is 364 g/mol. The molecule has 2 fully saturated rings. The molecule has 0 aromatic rings. The molecule has 2 rings (SSSR count). The first-order chi connectivity index (χ1) is 12.1. The second kappa shape index (κ2) is 9.89. The largest absolute Gasteiger partial charge is 0.508 e. The zero-order chi connectivity index (χ0) is 18.1. The van der Waals surface area contributed by atoms with E-state index in [1.165, 1.54) is 0 Å². The fraction of sp³-hybridized carbons (Fsp3) is 0.786. The number of cyclic esters (lactones) is 4. The molecule has 0 radical (unpaired) electrons. The quantitative estimate of drug-likeness (QED) is 0.400. The number of ether oxygens (including phenoxy) is 8. The minimum absolute atomic E-state index is 0.00613. The lowest BCUT2D eigenvalue weighted by atomic mass is 10.3. The van der Waals surface area contributed by atoms with E-state index < -0.39 is 36.8 Å². The molecule has 0 amide bonds. The highest BCUT2D eigenvalue weighted by atomic mass is 16.8. The van der Waals surface area contributed by atoms with Crippen molar-refractivity contribution in [2.75, 3.05) is 46.2 Å². The summed E-state index contributed by atoms with van der Waals surface area (Å²) < 4.78 is 39.4. The van der Waals surface area contributed by atoms with Crippen LogP contribution >= 0.6 is 0 Å². The average Bonchev–Trinajstić information content (AvgIpc) is 3.16. The Morgan fingerprint density at radius 2 is 1.56 bits per heavy atom. The van der Waals surface area contributed by atoms with Crippen LogP contribution in [0.5, 0.6) is 0 Å². The summed E-state index contributed by atoms with van der Waals surface area (Å²) in [5.41, 5.74) is 0. The van der Waals surface area contributed by atoms with Crippen LogP contribution in [0.25, 0.3) is 0 Å². The predicted molar refractivity (Wildman–Crippen MR) is 76.0 cm³/mol. The van der Waals surface area contributed by atoms with Gasteiger partial charge in [-0.05, 0) is 6.92 Å². The molecule has 0 saturated carbocycles. The predicted octanol–water partition coefficient (Wildman–Crippen LogP) is 0.632. The number of rotatable bonds is 10. The number of carbonyl (C=O) groups is 3. The van der Waals surface area contributed by atoms with Gasteiger partial charge in [-0.1, -0.05) is 0 Å². The molecule has 11 nitrogen and oxygen atoms in total. The van der Waals surface area contributed by atoms with Crippen LogP contribution < -0.4 is 0 Å². The maximum absolute atomic E-state index is 11.4. The lowest BCUT2D eigenvalue weighted by Crippen LogP contribution is -2.32. The van der Waals surface area contributed by atoms with Gasteiger partial charge in [0.25, 0.3) is 0 Å². The first kappa shape index (κ1) is 19.1. The summed E-state index contributed by atoms with van der Waals surface area (Å²) in [5.74, 6) is 0. The van der Waals surface area contributed by atoms with E-state index in [4.69, 9.17) is 28.4 Å². The van der Waals surface area contributed by atoms with Gasteiger partial charge in [0.1, 0.15) is 13.2 Å². The Morgan fingerprint density at radius 3 is 1.96 bits per heavy atom. The van der Waals surface area contributed by atoms with Gasteiger partial charge >= 0.3 is 18.5 Å². The summed E-state index contributed by atoms with van der Waals surface area (Å²) in [6, 6.07) is 0. The molecule has 2 aliphatic rings. The Morgan fingerprint density at radius 1 is 1.04 bits per heavy atom. The van der Waals surface area contributed by atoms with Crippen LogP contribution in [0.15, 0.2) is 0 Å². The molecule has 0 N–H and O–H groups in total. The number of carbonyl (C=O) groups excluding carboxylic acids is 3. The summed E-state index contributed by atoms with van der Waals surface area (Å²) in [6.07, 6.45) is -4.12. The molecule has 2 heterocycles. The average molecular weight is 364 g/mol. The van der Waals surface area contributed by atoms with Crippen LogP contribution in [0, 0.1) is 0 Å². The second-order valence-electron chi connectivity index (χ2n) is 5.10. The number of hydrogen-bond donors (Lipinski definition) is 0. The van der Waals surface area contributed by atoms with Crippen LogP contribution in [0.4, 0.5) is 14.4 Å². The molecule has 0 aromatic heterocycles. The van der Waals surface area contributed by atoms with E-state index in [9.17, 15) is 14.4 Å².